The minimum absolute atomic E-state index is 0.327. The van der Waals surface area contributed by atoms with Gasteiger partial charge in [0.15, 0.2) is 0 Å². The zero-order chi connectivity index (χ0) is 15.7. The Labute approximate surface area is 134 Å². The van der Waals surface area contributed by atoms with Gasteiger partial charge in [-0.25, -0.2) is 0 Å². The normalized spacial score (nSPS) is 21.8. The number of aryl methyl sites for hydroxylation is 4. The van der Waals surface area contributed by atoms with Crippen molar-refractivity contribution in [2.45, 2.75) is 39.8 Å². The lowest BCUT2D eigenvalue weighted by molar-refractivity contribution is 0.333. The molecule has 1 heterocycles. The van der Waals surface area contributed by atoms with E-state index in [1.807, 2.05) is 0 Å². The van der Waals surface area contributed by atoms with Crippen molar-refractivity contribution in [3.05, 3.63) is 69.8 Å². The average molecular weight is 294 g/mol. The van der Waals surface area contributed by atoms with E-state index in [1.54, 1.807) is 0 Å². The van der Waals surface area contributed by atoms with Crippen molar-refractivity contribution in [1.29, 1.82) is 0 Å². The Morgan fingerprint density at radius 3 is 1.23 bits per heavy atom. The smallest absolute Gasteiger partial charge is 0.0518 e. The lowest BCUT2D eigenvalue weighted by atomic mass is 9.89. The lowest BCUT2D eigenvalue weighted by Crippen LogP contribution is -2.45. The van der Waals surface area contributed by atoms with Crippen molar-refractivity contribution in [3.8, 4) is 0 Å². The van der Waals surface area contributed by atoms with Crippen molar-refractivity contribution >= 4 is 0 Å². The number of hydrogen-bond acceptors (Lipinski definition) is 2. The fourth-order valence-corrected chi connectivity index (χ4v) is 3.69. The summed E-state index contributed by atoms with van der Waals surface area (Å²) in [5.74, 6) is 0. The molecule has 1 aliphatic rings. The molecule has 0 aromatic heterocycles. The van der Waals surface area contributed by atoms with E-state index in [0.717, 1.165) is 13.1 Å². The van der Waals surface area contributed by atoms with E-state index >= 15 is 0 Å². The molecule has 1 fully saturated rings. The van der Waals surface area contributed by atoms with Crippen LogP contribution >= 0.6 is 0 Å². The zero-order valence-electron chi connectivity index (χ0n) is 14.0. The van der Waals surface area contributed by atoms with Crippen LogP contribution < -0.4 is 10.6 Å². The first-order chi connectivity index (χ1) is 10.5. The van der Waals surface area contributed by atoms with Crippen LogP contribution in [0.2, 0.25) is 0 Å². The van der Waals surface area contributed by atoms with Gasteiger partial charge in [-0.1, -0.05) is 58.7 Å². The Kier molecular flexibility index (Phi) is 4.32. The number of rotatable bonds is 2. The maximum Gasteiger partial charge on any atom is 0.0518 e. The molecule has 0 bridgehead atoms. The van der Waals surface area contributed by atoms with Gasteiger partial charge in [-0.2, -0.15) is 0 Å². The summed E-state index contributed by atoms with van der Waals surface area (Å²) in [5, 5.41) is 7.43. The van der Waals surface area contributed by atoms with Gasteiger partial charge in [-0.15, -0.1) is 0 Å². The van der Waals surface area contributed by atoms with Crippen LogP contribution in [0.3, 0.4) is 0 Å². The fraction of sp³-hybridized carbons (Fsp3) is 0.400. The molecule has 1 saturated heterocycles. The van der Waals surface area contributed by atoms with Crippen LogP contribution in [-0.2, 0) is 0 Å². The second-order valence-corrected chi connectivity index (χ2v) is 6.71. The van der Waals surface area contributed by atoms with Gasteiger partial charge in [-0.3, -0.25) is 0 Å². The van der Waals surface area contributed by atoms with E-state index in [2.05, 4.69) is 74.7 Å². The van der Waals surface area contributed by atoms with Crippen molar-refractivity contribution < 1.29 is 0 Å². The maximum atomic E-state index is 3.71. The van der Waals surface area contributed by atoms with Gasteiger partial charge in [-0.05, 0) is 38.8 Å². The van der Waals surface area contributed by atoms with Gasteiger partial charge >= 0.3 is 0 Å². The summed E-state index contributed by atoms with van der Waals surface area (Å²) in [6.45, 7) is 10.7. The molecule has 3 rings (SSSR count). The third kappa shape index (κ3) is 3.23. The molecule has 0 aliphatic carbocycles. The lowest BCUT2D eigenvalue weighted by Gasteiger charge is -2.35. The minimum atomic E-state index is 0.327. The molecule has 2 nitrogen and oxygen atoms in total. The first-order valence-electron chi connectivity index (χ1n) is 8.16. The fourth-order valence-electron chi connectivity index (χ4n) is 3.69. The van der Waals surface area contributed by atoms with E-state index in [9.17, 15) is 0 Å². The Hall–Kier alpha value is -1.64. The number of benzene rings is 2. The molecule has 22 heavy (non-hydrogen) atoms. The Morgan fingerprint density at radius 2 is 0.909 bits per heavy atom. The van der Waals surface area contributed by atoms with E-state index in [1.165, 1.54) is 33.4 Å². The quantitative estimate of drug-likeness (QED) is 0.878. The van der Waals surface area contributed by atoms with E-state index in [0.29, 0.717) is 12.1 Å². The van der Waals surface area contributed by atoms with Crippen molar-refractivity contribution in [3.63, 3.8) is 0 Å². The molecule has 2 N–H and O–H groups in total. The molecule has 0 spiro atoms. The number of piperazine rings is 1. The van der Waals surface area contributed by atoms with E-state index in [-0.39, 0.29) is 0 Å². The molecule has 2 heteroatoms. The highest BCUT2D eigenvalue weighted by Gasteiger charge is 2.27. The molecular formula is C20H26N2. The van der Waals surface area contributed by atoms with Gasteiger partial charge in [0.1, 0.15) is 0 Å². The second-order valence-electron chi connectivity index (χ2n) is 6.71. The summed E-state index contributed by atoms with van der Waals surface area (Å²) >= 11 is 0. The second kappa shape index (κ2) is 6.23. The zero-order valence-corrected chi connectivity index (χ0v) is 14.0. The highest BCUT2D eigenvalue weighted by molar-refractivity contribution is 5.37. The van der Waals surface area contributed by atoms with E-state index < -0.39 is 0 Å². The Balaban J connectivity index is 2.00. The standard InChI is InChI=1S/C20H26N2/c1-13-7-14(2)10-17(9-13)19-20(22-6-5-21-19)18-11-15(3)8-16(4)12-18/h7-12,19-22H,5-6H2,1-4H3. The predicted octanol–water partition coefficient (Wildman–Crippen LogP) is 3.90. The first kappa shape index (κ1) is 15.3. The highest BCUT2D eigenvalue weighted by atomic mass is 15.1. The molecule has 0 saturated carbocycles. The molecule has 2 unspecified atom stereocenters. The Bertz CT molecular complexity index is 575. The predicted molar refractivity (Wildman–Crippen MR) is 93.3 cm³/mol. The van der Waals surface area contributed by atoms with Crippen LogP contribution in [-0.4, -0.2) is 13.1 Å². The molecule has 0 radical (unpaired) electrons. The molecule has 2 atom stereocenters. The molecule has 116 valence electrons. The highest BCUT2D eigenvalue weighted by Crippen LogP contribution is 2.32. The van der Waals surface area contributed by atoms with Crippen LogP contribution in [0, 0.1) is 27.7 Å². The third-order valence-electron chi connectivity index (χ3n) is 4.39. The van der Waals surface area contributed by atoms with Crippen LogP contribution in [0.4, 0.5) is 0 Å². The SMILES string of the molecule is Cc1cc(C)cc(C2NCCNC2c2cc(C)cc(C)c2)c1. The molecule has 1 aliphatic heterocycles. The van der Waals surface area contributed by atoms with E-state index in [4.69, 9.17) is 0 Å². The van der Waals surface area contributed by atoms with Crippen molar-refractivity contribution in [1.82, 2.24) is 10.6 Å². The molecule has 2 aromatic rings. The topological polar surface area (TPSA) is 24.1 Å². The summed E-state index contributed by atoms with van der Waals surface area (Å²) < 4.78 is 0. The van der Waals surface area contributed by atoms with Gasteiger partial charge in [0.25, 0.3) is 0 Å². The van der Waals surface area contributed by atoms with Gasteiger partial charge in [0, 0.05) is 13.1 Å². The summed E-state index contributed by atoms with van der Waals surface area (Å²) in [7, 11) is 0. The minimum Gasteiger partial charge on any atom is -0.307 e. The molecule has 0 amide bonds. The Morgan fingerprint density at radius 1 is 0.591 bits per heavy atom. The first-order valence-corrected chi connectivity index (χ1v) is 8.16. The average Bonchev–Trinajstić information content (AvgIpc) is 2.45. The summed E-state index contributed by atoms with van der Waals surface area (Å²) in [5.41, 5.74) is 8.11. The molecular weight excluding hydrogens is 268 g/mol. The largest absolute Gasteiger partial charge is 0.307 e. The summed E-state index contributed by atoms with van der Waals surface area (Å²) in [6.07, 6.45) is 0. The monoisotopic (exact) mass is 294 g/mol. The van der Waals surface area contributed by atoms with Gasteiger partial charge < -0.3 is 10.6 Å². The van der Waals surface area contributed by atoms with Crippen LogP contribution in [0.25, 0.3) is 0 Å². The number of nitrogens with one attached hydrogen (secondary N) is 2. The third-order valence-corrected chi connectivity index (χ3v) is 4.39. The number of hydrogen-bond donors (Lipinski definition) is 2. The van der Waals surface area contributed by atoms with Gasteiger partial charge in [0.05, 0.1) is 12.1 Å². The van der Waals surface area contributed by atoms with Crippen molar-refractivity contribution in [2.24, 2.45) is 0 Å². The van der Waals surface area contributed by atoms with Crippen molar-refractivity contribution in [2.75, 3.05) is 13.1 Å². The van der Waals surface area contributed by atoms with Crippen LogP contribution in [0.15, 0.2) is 36.4 Å². The molecule has 2 aromatic carbocycles. The van der Waals surface area contributed by atoms with Crippen LogP contribution in [0.5, 0.6) is 0 Å². The van der Waals surface area contributed by atoms with Crippen LogP contribution in [0.1, 0.15) is 45.5 Å². The maximum absolute atomic E-state index is 3.71. The summed E-state index contributed by atoms with van der Waals surface area (Å²) in [4.78, 5) is 0. The van der Waals surface area contributed by atoms with Gasteiger partial charge in [0.2, 0.25) is 0 Å². The summed E-state index contributed by atoms with van der Waals surface area (Å²) in [6, 6.07) is 14.4.